The molecule has 0 saturated carbocycles. The van der Waals surface area contributed by atoms with E-state index < -0.39 is 16.1 Å². The first-order chi connectivity index (χ1) is 13.0. The van der Waals surface area contributed by atoms with Crippen molar-refractivity contribution in [1.29, 1.82) is 0 Å². The van der Waals surface area contributed by atoms with Gasteiger partial charge in [-0.1, -0.05) is 30.3 Å². The molecule has 4 rings (SSSR count). The van der Waals surface area contributed by atoms with E-state index in [0.717, 1.165) is 30.4 Å². The first kappa shape index (κ1) is 18.7. The summed E-state index contributed by atoms with van der Waals surface area (Å²) < 4.78 is 28.3. The number of sulfonamides is 1. The predicted molar refractivity (Wildman–Crippen MR) is 106 cm³/mol. The quantitative estimate of drug-likeness (QED) is 0.789. The maximum atomic E-state index is 13.4. The van der Waals surface area contributed by atoms with Crippen LogP contribution in [-0.2, 0) is 27.8 Å². The highest BCUT2D eigenvalue weighted by atomic mass is 32.2. The molecule has 2 aliphatic heterocycles. The van der Waals surface area contributed by atoms with Gasteiger partial charge in [0.05, 0.1) is 0 Å². The Bertz CT molecular complexity index is 924. The molecule has 5 nitrogen and oxygen atoms in total. The summed E-state index contributed by atoms with van der Waals surface area (Å²) in [7, 11) is -3.71. The predicted octanol–water partition coefficient (Wildman–Crippen LogP) is 3.26. The van der Waals surface area contributed by atoms with Gasteiger partial charge in [0.25, 0.3) is 10.0 Å². The van der Waals surface area contributed by atoms with Gasteiger partial charge in [-0.2, -0.15) is 4.31 Å². The summed E-state index contributed by atoms with van der Waals surface area (Å²) in [5, 5.41) is 1.76. The molecule has 144 valence electrons. The van der Waals surface area contributed by atoms with E-state index in [9.17, 15) is 13.2 Å². The molecule has 0 aliphatic carbocycles. The summed E-state index contributed by atoms with van der Waals surface area (Å²) in [4.78, 5) is 15.3. The van der Waals surface area contributed by atoms with Crippen LogP contribution in [0, 0.1) is 0 Å². The van der Waals surface area contributed by atoms with Gasteiger partial charge in [-0.05, 0) is 55.2 Å². The number of fused-ring (bicyclic) bond motifs is 1. The zero-order valence-corrected chi connectivity index (χ0v) is 17.0. The second kappa shape index (κ2) is 7.37. The summed E-state index contributed by atoms with van der Waals surface area (Å²) in [5.41, 5.74) is 2.05. The van der Waals surface area contributed by atoms with E-state index in [2.05, 4.69) is 6.92 Å². The molecule has 1 fully saturated rings. The molecular formula is C20H24N2O3S2. The van der Waals surface area contributed by atoms with Crippen molar-refractivity contribution >= 4 is 27.3 Å². The molecule has 0 radical (unpaired) electrons. The average Bonchev–Trinajstić information content (AvgIpc) is 3.22. The van der Waals surface area contributed by atoms with Gasteiger partial charge in [-0.25, -0.2) is 8.42 Å². The zero-order valence-electron chi connectivity index (χ0n) is 15.4. The van der Waals surface area contributed by atoms with Crippen molar-refractivity contribution in [1.82, 2.24) is 9.21 Å². The molecule has 0 bridgehead atoms. The Morgan fingerprint density at radius 2 is 1.89 bits per heavy atom. The van der Waals surface area contributed by atoms with Crippen LogP contribution in [0.3, 0.4) is 0 Å². The number of hydrogen-bond donors (Lipinski definition) is 0. The standard InChI is InChI=1S/C20H24N2O3S2/c1-15-7-4-5-11-21(15)20(23)18-13-16-8-2-3-9-17(16)14-22(18)27(24,25)19-10-6-12-26-19/h2-3,6,8-10,12,15,18H,4-5,7,11,13-14H2,1H3/t15?,18-/m0/s1. The number of piperidine rings is 1. The highest BCUT2D eigenvalue weighted by Crippen LogP contribution is 2.32. The fourth-order valence-electron chi connectivity index (χ4n) is 4.10. The SMILES string of the molecule is CC1CCCCN1C(=O)[C@@H]1Cc2ccccc2CN1S(=O)(=O)c1cccs1. The fraction of sp³-hybridized carbons (Fsp3) is 0.450. The lowest BCUT2D eigenvalue weighted by Gasteiger charge is -2.41. The van der Waals surface area contributed by atoms with Crippen molar-refractivity contribution in [2.75, 3.05) is 6.54 Å². The first-order valence-corrected chi connectivity index (χ1v) is 11.7. The van der Waals surface area contributed by atoms with Gasteiger partial charge < -0.3 is 4.90 Å². The minimum absolute atomic E-state index is 0.0585. The topological polar surface area (TPSA) is 57.7 Å². The van der Waals surface area contributed by atoms with E-state index in [1.54, 1.807) is 17.5 Å². The minimum atomic E-state index is -3.71. The summed E-state index contributed by atoms with van der Waals surface area (Å²) in [6.07, 6.45) is 3.52. The first-order valence-electron chi connectivity index (χ1n) is 9.41. The third kappa shape index (κ3) is 3.44. The Morgan fingerprint density at radius 3 is 2.59 bits per heavy atom. The number of carbonyl (C=O) groups is 1. The second-order valence-corrected chi connectivity index (χ2v) is 10.4. The zero-order chi connectivity index (χ0) is 19.0. The van der Waals surface area contributed by atoms with Crippen molar-refractivity contribution in [3.63, 3.8) is 0 Å². The molecule has 0 N–H and O–H groups in total. The third-order valence-corrected chi connectivity index (χ3v) is 8.86. The maximum absolute atomic E-state index is 13.4. The molecule has 1 amide bonds. The van der Waals surface area contributed by atoms with E-state index in [4.69, 9.17) is 0 Å². The van der Waals surface area contributed by atoms with Crippen molar-refractivity contribution in [3.05, 3.63) is 52.9 Å². The fourth-order valence-corrected chi connectivity index (χ4v) is 6.78. The Labute approximate surface area is 164 Å². The normalized spacial score (nSPS) is 23.8. The molecule has 1 aromatic carbocycles. The Balaban J connectivity index is 1.73. The van der Waals surface area contributed by atoms with E-state index >= 15 is 0 Å². The monoisotopic (exact) mass is 404 g/mol. The summed E-state index contributed by atoms with van der Waals surface area (Å²) >= 11 is 1.20. The van der Waals surface area contributed by atoms with Crippen molar-refractivity contribution < 1.29 is 13.2 Å². The molecule has 2 atom stereocenters. The smallest absolute Gasteiger partial charge is 0.253 e. The van der Waals surface area contributed by atoms with E-state index in [-0.39, 0.29) is 18.5 Å². The van der Waals surface area contributed by atoms with Crippen LogP contribution < -0.4 is 0 Å². The van der Waals surface area contributed by atoms with E-state index in [0.29, 0.717) is 17.2 Å². The third-order valence-electron chi connectivity index (χ3n) is 5.63. The number of hydrogen-bond acceptors (Lipinski definition) is 4. The highest BCUT2D eigenvalue weighted by molar-refractivity contribution is 7.91. The average molecular weight is 405 g/mol. The molecule has 2 aromatic rings. The summed E-state index contributed by atoms with van der Waals surface area (Å²) in [5.74, 6) is -0.0585. The molecule has 7 heteroatoms. The molecule has 27 heavy (non-hydrogen) atoms. The number of benzene rings is 1. The van der Waals surface area contributed by atoms with Crippen LogP contribution >= 0.6 is 11.3 Å². The summed E-state index contributed by atoms with van der Waals surface area (Å²) in [6, 6.07) is 10.7. The lowest BCUT2D eigenvalue weighted by molar-refractivity contribution is -0.139. The number of rotatable bonds is 3. The summed E-state index contributed by atoms with van der Waals surface area (Å²) in [6.45, 7) is 3.02. The van der Waals surface area contributed by atoms with E-state index in [1.165, 1.54) is 15.6 Å². The maximum Gasteiger partial charge on any atom is 0.253 e. The van der Waals surface area contributed by atoms with Gasteiger partial charge in [-0.15, -0.1) is 11.3 Å². The van der Waals surface area contributed by atoms with Crippen LogP contribution in [0.4, 0.5) is 0 Å². The minimum Gasteiger partial charge on any atom is -0.339 e. The van der Waals surface area contributed by atoms with Crippen LogP contribution in [0.2, 0.25) is 0 Å². The Morgan fingerprint density at radius 1 is 1.11 bits per heavy atom. The lowest BCUT2D eigenvalue weighted by atomic mass is 9.94. The molecule has 1 aromatic heterocycles. The van der Waals surface area contributed by atoms with Gasteiger partial charge in [0.1, 0.15) is 10.3 Å². The largest absolute Gasteiger partial charge is 0.339 e. The number of amides is 1. The van der Waals surface area contributed by atoms with Crippen molar-refractivity contribution in [2.24, 2.45) is 0 Å². The van der Waals surface area contributed by atoms with E-state index in [1.807, 2.05) is 29.2 Å². The highest BCUT2D eigenvalue weighted by Gasteiger charge is 2.42. The number of likely N-dealkylation sites (tertiary alicyclic amines) is 1. The van der Waals surface area contributed by atoms with Gasteiger partial charge >= 0.3 is 0 Å². The van der Waals surface area contributed by atoms with Gasteiger partial charge in [0.15, 0.2) is 0 Å². The molecule has 2 aliphatic rings. The Kier molecular flexibility index (Phi) is 5.09. The Hall–Kier alpha value is -1.70. The number of carbonyl (C=O) groups excluding carboxylic acids is 1. The van der Waals surface area contributed by atoms with Gasteiger partial charge in [-0.3, -0.25) is 4.79 Å². The number of thiophene rings is 1. The van der Waals surface area contributed by atoms with Crippen LogP contribution in [0.15, 0.2) is 46.0 Å². The lowest BCUT2D eigenvalue weighted by Crippen LogP contribution is -2.56. The van der Waals surface area contributed by atoms with Crippen LogP contribution in [0.1, 0.15) is 37.3 Å². The molecular weight excluding hydrogens is 380 g/mol. The molecule has 1 saturated heterocycles. The van der Waals surface area contributed by atoms with Crippen LogP contribution in [-0.4, -0.2) is 42.2 Å². The number of nitrogens with zero attached hydrogens (tertiary/aromatic N) is 2. The molecule has 3 heterocycles. The molecule has 0 spiro atoms. The van der Waals surface area contributed by atoms with Crippen LogP contribution in [0.25, 0.3) is 0 Å². The van der Waals surface area contributed by atoms with Crippen molar-refractivity contribution in [2.45, 2.75) is 55.4 Å². The van der Waals surface area contributed by atoms with Gasteiger partial charge in [0.2, 0.25) is 5.91 Å². The molecule has 1 unspecified atom stereocenters. The van der Waals surface area contributed by atoms with Crippen molar-refractivity contribution in [3.8, 4) is 0 Å². The van der Waals surface area contributed by atoms with Gasteiger partial charge in [0, 0.05) is 19.1 Å². The second-order valence-electron chi connectivity index (χ2n) is 7.35. The van der Waals surface area contributed by atoms with Crippen LogP contribution in [0.5, 0.6) is 0 Å².